The normalized spacial score (nSPS) is 25.7. The van der Waals surface area contributed by atoms with Gasteiger partial charge in [-0.1, -0.05) is 18.2 Å². The third kappa shape index (κ3) is 1.06. The summed E-state index contributed by atoms with van der Waals surface area (Å²) in [6, 6.07) is 7.12. The van der Waals surface area contributed by atoms with Gasteiger partial charge in [0, 0.05) is 17.8 Å². The number of nitriles is 1. The van der Waals surface area contributed by atoms with Gasteiger partial charge in [-0.25, -0.2) is 0 Å². The topological polar surface area (TPSA) is 53.3 Å². The molecule has 0 bridgehead atoms. The second-order valence-electron chi connectivity index (χ2n) is 3.75. The van der Waals surface area contributed by atoms with Crippen molar-refractivity contribution in [3.63, 3.8) is 0 Å². The Hall–Kier alpha value is -2.28. The summed E-state index contributed by atoms with van der Waals surface area (Å²) in [4.78, 5) is 13.1. The number of hydrogen-bond acceptors (Lipinski definition) is 4. The van der Waals surface area contributed by atoms with Crippen molar-refractivity contribution in [2.24, 2.45) is 0 Å². The van der Waals surface area contributed by atoms with E-state index in [1.165, 1.54) is 17.2 Å². The number of nitrogens with zero attached hydrogens (tertiary/aromatic N) is 2. The molecule has 0 radical (unpaired) electrons. The van der Waals surface area contributed by atoms with Gasteiger partial charge in [0.15, 0.2) is 18.1 Å². The summed E-state index contributed by atoms with van der Waals surface area (Å²) in [5.74, 6) is 0.600. The van der Waals surface area contributed by atoms with Crippen molar-refractivity contribution >= 4 is 5.78 Å². The number of rotatable bonds is 0. The van der Waals surface area contributed by atoms with Gasteiger partial charge in [0.1, 0.15) is 11.8 Å². The number of ether oxygens (including phenoxy) is 1. The summed E-state index contributed by atoms with van der Waals surface area (Å²) in [6.45, 7) is 0. The molecule has 0 amide bonds. The van der Waals surface area contributed by atoms with Crippen LogP contribution in [-0.4, -0.2) is 16.8 Å². The molecule has 1 aromatic rings. The van der Waals surface area contributed by atoms with Crippen LogP contribution in [0.15, 0.2) is 36.5 Å². The van der Waals surface area contributed by atoms with Gasteiger partial charge in [0.25, 0.3) is 0 Å². The van der Waals surface area contributed by atoms with Crippen molar-refractivity contribution in [3.05, 3.63) is 42.1 Å². The second-order valence-corrected chi connectivity index (χ2v) is 3.75. The molecule has 0 saturated carbocycles. The lowest BCUT2D eigenvalue weighted by atomic mass is 9.97. The van der Waals surface area contributed by atoms with Crippen LogP contribution in [0.3, 0.4) is 0 Å². The number of ketones is 1. The summed E-state index contributed by atoms with van der Waals surface area (Å²) in [7, 11) is 0. The molecule has 0 aliphatic carbocycles. The summed E-state index contributed by atoms with van der Waals surface area (Å²) in [5.41, 5.74) is 0.895. The molecule has 78 valence electrons. The van der Waals surface area contributed by atoms with Crippen LogP contribution >= 0.6 is 0 Å². The number of carbonyl (C=O) groups is 1. The lowest BCUT2D eigenvalue weighted by Crippen LogP contribution is -2.38. The zero-order valence-corrected chi connectivity index (χ0v) is 8.33. The summed E-state index contributed by atoms with van der Waals surface area (Å²) < 4.78 is 5.56. The molecule has 0 fully saturated rings. The Bertz CT molecular complexity index is 530. The molecule has 2 heterocycles. The van der Waals surface area contributed by atoms with Crippen LogP contribution in [0.25, 0.3) is 0 Å². The monoisotopic (exact) mass is 212 g/mol. The first-order chi connectivity index (χ1) is 7.81. The smallest absolute Gasteiger partial charge is 0.200 e. The molecule has 1 aromatic carbocycles. The third-order valence-corrected chi connectivity index (χ3v) is 2.87. The highest BCUT2D eigenvalue weighted by atomic mass is 16.5. The van der Waals surface area contributed by atoms with Crippen LogP contribution in [0.4, 0.5) is 0 Å². The maximum atomic E-state index is 11.7. The Balaban J connectivity index is 2.13. The van der Waals surface area contributed by atoms with Crippen molar-refractivity contribution in [2.45, 2.75) is 12.1 Å². The van der Waals surface area contributed by atoms with E-state index < -0.39 is 6.10 Å². The lowest BCUT2D eigenvalue weighted by molar-refractivity contribution is -0.123. The Morgan fingerprint density at radius 2 is 2.19 bits per heavy atom. The van der Waals surface area contributed by atoms with Crippen molar-refractivity contribution in [1.82, 2.24) is 4.90 Å². The molecule has 4 nitrogen and oxygen atoms in total. The van der Waals surface area contributed by atoms with Crippen LogP contribution in [-0.2, 0) is 4.79 Å². The quantitative estimate of drug-likeness (QED) is 0.609. The standard InChI is InChI=1S/C12H8N2O2/c13-7-14-6-5-9(15)12-11(14)8-3-1-2-4-10(8)16-12/h1-6,11-12H. The SMILES string of the molecule is N#CN1C=CC(=O)C2Oc3ccccc3C21. The maximum absolute atomic E-state index is 11.7. The van der Waals surface area contributed by atoms with Crippen molar-refractivity contribution < 1.29 is 9.53 Å². The van der Waals surface area contributed by atoms with Gasteiger partial charge in [0.2, 0.25) is 0 Å². The van der Waals surface area contributed by atoms with E-state index in [1.807, 2.05) is 24.3 Å². The molecule has 3 rings (SSSR count). The molecule has 0 aromatic heterocycles. The molecule has 0 N–H and O–H groups in total. The number of carbonyl (C=O) groups excluding carboxylic acids is 1. The largest absolute Gasteiger partial charge is 0.479 e. The van der Waals surface area contributed by atoms with Gasteiger partial charge in [-0.15, -0.1) is 0 Å². The number of para-hydroxylation sites is 1. The second kappa shape index (κ2) is 3.11. The molecular formula is C12H8N2O2. The fourth-order valence-corrected chi connectivity index (χ4v) is 2.14. The van der Waals surface area contributed by atoms with Crippen LogP contribution in [0, 0.1) is 11.5 Å². The molecule has 4 heteroatoms. The van der Waals surface area contributed by atoms with Crippen LogP contribution in [0.2, 0.25) is 0 Å². The highest BCUT2D eigenvalue weighted by molar-refractivity contribution is 5.96. The number of hydrogen-bond donors (Lipinski definition) is 0. The lowest BCUT2D eigenvalue weighted by Gasteiger charge is -2.26. The Morgan fingerprint density at radius 1 is 1.38 bits per heavy atom. The summed E-state index contributed by atoms with van der Waals surface area (Å²) in [6.07, 6.45) is 4.36. The van der Waals surface area contributed by atoms with Gasteiger partial charge < -0.3 is 4.74 Å². The van der Waals surface area contributed by atoms with Gasteiger partial charge in [-0.3, -0.25) is 9.69 Å². The van der Waals surface area contributed by atoms with Crippen LogP contribution in [0.5, 0.6) is 5.75 Å². The zero-order chi connectivity index (χ0) is 11.1. The molecule has 2 aliphatic heterocycles. The van der Waals surface area contributed by atoms with Gasteiger partial charge in [0.05, 0.1) is 0 Å². The molecule has 2 aliphatic rings. The van der Waals surface area contributed by atoms with E-state index in [2.05, 4.69) is 6.19 Å². The van der Waals surface area contributed by atoms with Crippen molar-refractivity contribution in [2.75, 3.05) is 0 Å². The molecule has 16 heavy (non-hydrogen) atoms. The Kier molecular flexibility index (Phi) is 1.74. The summed E-state index contributed by atoms with van der Waals surface area (Å²) in [5, 5.41) is 9.01. The molecule has 0 spiro atoms. The fourth-order valence-electron chi connectivity index (χ4n) is 2.14. The first-order valence-electron chi connectivity index (χ1n) is 4.97. The molecular weight excluding hydrogens is 204 g/mol. The minimum atomic E-state index is -0.581. The van der Waals surface area contributed by atoms with E-state index in [1.54, 1.807) is 0 Å². The average Bonchev–Trinajstić information content (AvgIpc) is 2.70. The predicted molar refractivity (Wildman–Crippen MR) is 55.2 cm³/mol. The minimum absolute atomic E-state index is 0.0901. The van der Waals surface area contributed by atoms with Gasteiger partial charge in [-0.2, -0.15) is 5.26 Å². The Morgan fingerprint density at radius 3 is 3.00 bits per heavy atom. The molecule has 2 atom stereocenters. The first-order valence-corrected chi connectivity index (χ1v) is 4.97. The van der Waals surface area contributed by atoms with E-state index in [9.17, 15) is 4.79 Å². The third-order valence-electron chi connectivity index (χ3n) is 2.87. The predicted octanol–water partition coefficient (Wildman–Crippen LogP) is 1.37. The number of fused-ring (bicyclic) bond motifs is 3. The van der Waals surface area contributed by atoms with Gasteiger partial charge in [-0.05, 0) is 6.07 Å². The zero-order valence-electron chi connectivity index (χ0n) is 8.33. The van der Waals surface area contributed by atoms with E-state index in [0.29, 0.717) is 5.75 Å². The van der Waals surface area contributed by atoms with E-state index in [-0.39, 0.29) is 11.8 Å². The highest BCUT2D eigenvalue weighted by Gasteiger charge is 2.43. The average molecular weight is 212 g/mol. The van der Waals surface area contributed by atoms with Crippen LogP contribution in [0.1, 0.15) is 11.6 Å². The fraction of sp³-hybridized carbons (Fsp3) is 0.167. The summed E-state index contributed by atoms with van der Waals surface area (Å²) >= 11 is 0. The molecule has 0 saturated heterocycles. The van der Waals surface area contributed by atoms with E-state index >= 15 is 0 Å². The maximum Gasteiger partial charge on any atom is 0.200 e. The van der Waals surface area contributed by atoms with Crippen LogP contribution < -0.4 is 4.74 Å². The molecule has 2 unspecified atom stereocenters. The van der Waals surface area contributed by atoms with E-state index in [0.717, 1.165) is 5.56 Å². The number of benzene rings is 1. The minimum Gasteiger partial charge on any atom is -0.479 e. The van der Waals surface area contributed by atoms with Crippen molar-refractivity contribution in [1.29, 1.82) is 5.26 Å². The van der Waals surface area contributed by atoms with Crippen molar-refractivity contribution in [3.8, 4) is 11.9 Å². The van der Waals surface area contributed by atoms with E-state index in [4.69, 9.17) is 10.00 Å². The highest BCUT2D eigenvalue weighted by Crippen LogP contribution is 2.41. The van der Waals surface area contributed by atoms with Gasteiger partial charge >= 0.3 is 0 Å². The Labute approximate surface area is 92.3 Å². The first kappa shape index (κ1) is 8.98.